The van der Waals surface area contributed by atoms with Crippen molar-refractivity contribution in [2.75, 3.05) is 0 Å². The average Bonchev–Trinajstić information content (AvgIpc) is 3.38. The molecule has 4 atom stereocenters. The second-order valence-electron chi connectivity index (χ2n) is 11.1. The SMILES string of the molecule is CCC(C)/C=C(C)/C=C/C(=O)CC1=C(c2cc(O)c(O)cc2C2=C(O)/C(=C/c3ccc(O)cc3)OC2=O)C(O)(C(=O)P)C(O)C1=O. The van der Waals surface area contributed by atoms with E-state index in [1.807, 2.05) is 19.9 Å². The van der Waals surface area contributed by atoms with Gasteiger partial charge < -0.3 is 35.4 Å². The zero-order valence-electron chi connectivity index (χ0n) is 25.1. The zero-order chi connectivity index (χ0) is 34.1. The molecule has 240 valence electrons. The molecule has 4 rings (SSSR count). The molecule has 12 heteroatoms. The van der Waals surface area contributed by atoms with Gasteiger partial charge in [0.25, 0.3) is 0 Å². The summed E-state index contributed by atoms with van der Waals surface area (Å²) in [7, 11) is 1.67. The zero-order valence-corrected chi connectivity index (χ0v) is 26.3. The molecule has 2 aromatic rings. The minimum absolute atomic E-state index is 0.0320. The normalized spacial score (nSPS) is 21.9. The fraction of sp³-hybridized carbons (Fsp3) is 0.235. The maximum absolute atomic E-state index is 13.4. The number of allylic oxidation sites excluding steroid dienone is 4. The number of carbonyl (C=O) groups excluding carboxylic acids is 4. The highest BCUT2D eigenvalue weighted by molar-refractivity contribution is 7.40. The topological polar surface area (TPSA) is 199 Å². The van der Waals surface area contributed by atoms with Crippen LogP contribution in [0.5, 0.6) is 17.2 Å². The maximum Gasteiger partial charge on any atom is 0.348 e. The molecule has 46 heavy (non-hydrogen) atoms. The van der Waals surface area contributed by atoms with Crippen molar-refractivity contribution in [3.8, 4) is 17.2 Å². The van der Waals surface area contributed by atoms with Gasteiger partial charge in [-0.2, -0.15) is 0 Å². The summed E-state index contributed by atoms with van der Waals surface area (Å²) in [5.41, 5.74) is -5.41. The van der Waals surface area contributed by atoms with Crippen LogP contribution in [0, 0.1) is 5.92 Å². The van der Waals surface area contributed by atoms with E-state index in [0.29, 0.717) is 5.56 Å². The van der Waals surface area contributed by atoms with E-state index >= 15 is 0 Å². The van der Waals surface area contributed by atoms with E-state index in [4.69, 9.17) is 4.74 Å². The molecular formula is C34H33O11P. The second kappa shape index (κ2) is 13.3. The first-order valence-corrected chi connectivity index (χ1v) is 14.8. The van der Waals surface area contributed by atoms with Crippen molar-refractivity contribution in [3.63, 3.8) is 0 Å². The minimum Gasteiger partial charge on any atom is -0.508 e. The van der Waals surface area contributed by atoms with Crippen LogP contribution in [0.4, 0.5) is 0 Å². The highest BCUT2D eigenvalue weighted by atomic mass is 31.0. The quantitative estimate of drug-likeness (QED) is 0.0715. The molecule has 11 nitrogen and oxygen atoms in total. The van der Waals surface area contributed by atoms with E-state index < -0.39 is 80.7 Å². The molecule has 0 saturated carbocycles. The predicted octanol–water partition coefficient (Wildman–Crippen LogP) is 4.01. The Labute approximate surface area is 266 Å². The molecule has 0 saturated heterocycles. The highest BCUT2D eigenvalue weighted by Crippen LogP contribution is 2.49. The lowest BCUT2D eigenvalue weighted by Crippen LogP contribution is -2.47. The van der Waals surface area contributed by atoms with E-state index in [9.17, 15) is 49.8 Å². The van der Waals surface area contributed by atoms with E-state index in [-0.39, 0.29) is 23.0 Å². The first-order valence-electron chi connectivity index (χ1n) is 14.2. The van der Waals surface area contributed by atoms with Gasteiger partial charge >= 0.3 is 5.97 Å². The summed E-state index contributed by atoms with van der Waals surface area (Å²) in [4.78, 5) is 52.4. The molecule has 0 amide bonds. The molecule has 0 aromatic heterocycles. The van der Waals surface area contributed by atoms with Gasteiger partial charge in [-0.25, -0.2) is 4.79 Å². The van der Waals surface area contributed by atoms with Gasteiger partial charge in [0.2, 0.25) is 0 Å². The first-order chi connectivity index (χ1) is 21.6. The Morgan fingerprint density at radius 2 is 1.63 bits per heavy atom. The van der Waals surface area contributed by atoms with Crippen LogP contribution in [-0.2, 0) is 23.9 Å². The number of phenolic OH excluding ortho intramolecular Hbond substituents is 3. The van der Waals surface area contributed by atoms with Gasteiger partial charge in [-0.05, 0) is 60.4 Å². The number of phenols is 3. The van der Waals surface area contributed by atoms with Gasteiger partial charge in [-0.1, -0.05) is 59.4 Å². The van der Waals surface area contributed by atoms with Crippen LogP contribution >= 0.6 is 9.24 Å². The first kappa shape index (κ1) is 34.1. The lowest BCUT2D eigenvalue weighted by molar-refractivity contribution is -0.140. The fourth-order valence-electron chi connectivity index (χ4n) is 5.19. The summed E-state index contributed by atoms with van der Waals surface area (Å²) >= 11 is 0. The number of Topliss-reactive ketones (excluding diaryl/α,β-unsaturated/α-hetero) is 1. The van der Waals surface area contributed by atoms with Gasteiger partial charge in [0.15, 0.2) is 51.8 Å². The number of cyclic esters (lactones) is 1. The van der Waals surface area contributed by atoms with Crippen molar-refractivity contribution in [3.05, 3.63) is 94.0 Å². The molecule has 0 bridgehead atoms. The smallest absolute Gasteiger partial charge is 0.348 e. The standard InChI is InChI=1S/C34H33O11P/c1-4-16(2)11-17(3)5-8-20(36)13-23-28(34(44,33(43)46)31(41)29(23)39)22-15-25(38)24(37)14-21(22)27-30(40)26(45-32(27)42)12-18-6-9-19(35)10-7-18/h5-12,14-16,31,35,37-38,40-41,44H,4,13,46H2,1-3H3/b8-5+,17-11+,26-12-. The molecule has 4 unspecified atom stereocenters. The molecule has 1 heterocycles. The Morgan fingerprint density at radius 3 is 2.22 bits per heavy atom. The lowest BCUT2D eigenvalue weighted by atomic mass is 9.83. The number of esters is 1. The number of rotatable bonds is 10. The van der Waals surface area contributed by atoms with Gasteiger partial charge in [0.05, 0.1) is 0 Å². The summed E-state index contributed by atoms with van der Waals surface area (Å²) in [5.74, 6) is -5.36. The third-order valence-corrected chi connectivity index (χ3v) is 8.24. The number of hydrogen-bond acceptors (Lipinski definition) is 11. The van der Waals surface area contributed by atoms with Gasteiger partial charge in [-0.3, -0.25) is 14.4 Å². The third kappa shape index (κ3) is 6.44. The number of aromatic hydroxyl groups is 3. The predicted molar refractivity (Wildman–Crippen MR) is 171 cm³/mol. The number of benzene rings is 2. The maximum atomic E-state index is 13.4. The Hall–Kier alpha value is -4.83. The molecular weight excluding hydrogens is 615 g/mol. The van der Waals surface area contributed by atoms with Gasteiger partial charge in [0, 0.05) is 23.1 Å². The average molecular weight is 649 g/mol. The summed E-state index contributed by atoms with van der Waals surface area (Å²) < 4.78 is 5.24. The largest absolute Gasteiger partial charge is 0.508 e. The van der Waals surface area contributed by atoms with Crippen molar-refractivity contribution in [2.24, 2.45) is 5.92 Å². The Bertz CT molecular complexity index is 1790. The summed E-state index contributed by atoms with van der Waals surface area (Å²) in [6, 6.07) is 7.34. The number of aliphatic hydroxyl groups excluding tert-OH is 2. The molecule has 0 radical (unpaired) electrons. The van der Waals surface area contributed by atoms with Crippen LogP contribution in [0.3, 0.4) is 0 Å². The Morgan fingerprint density at radius 1 is 1.02 bits per heavy atom. The number of carbonyl (C=O) groups is 4. The third-order valence-electron chi connectivity index (χ3n) is 7.80. The van der Waals surface area contributed by atoms with Crippen LogP contribution in [0.25, 0.3) is 17.2 Å². The van der Waals surface area contributed by atoms with Crippen LogP contribution in [0.1, 0.15) is 50.3 Å². The van der Waals surface area contributed by atoms with Crippen LogP contribution in [-0.4, -0.2) is 65.4 Å². The van der Waals surface area contributed by atoms with Gasteiger partial charge in [0.1, 0.15) is 11.3 Å². The summed E-state index contributed by atoms with van der Waals surface area (Å²) in [5, 5.41) is 64.0. The number of ketones is 2. The number of aliphatic hydroxyl groups is 3. The molecule has 2 aliphatic rings. The lowest BCUT2D eigenvalue weighted by Gasteiger charge is -2.28. The van der Waals surface area contributed by atoms with E-state index in [2.05, 4.69) is 0 Å². The second-order valence-corrected chi connectivity index (χ2v) is 11.6. The summed E-state index contributed by atoms with van der Waals surface area (Å²) in [6.45, 7) is 5.79. The molecule has 1 aliphatic heterocycles. The minimum atomic E-state index is -2.96. The van der Waals surface area contributed by atoms with Crippen LogP contribution in [0.15, 0.2) is 77.3 Å². The Kier molecular flexibility index (Phi) is 9.82. The highest BCUT2D eigenvalue weighted by Gasteiger charge is 2.57. The van der Waals surface area contributed by atoms with Crippen molar-refractivity contribution in [1.29, 1.82) is 0 Å². The number of hydrogen-bond donors (Lipinski definition) is 6. The molecule has 6 N–H and O–H groups in total. The van der Waals surface area contributed by atoms with Crippen molar-refractivity contribution in [2.45, 2.75) is 45.3 Å². The Balaban J connectivity index is 1.93. The molecule has 0 fully saturated rings. The van der Waals surface area contributed by atoms with E-state index in [0.717, 1.165) is 24.1 Å². The van der Waals surface area contributed by atoms with E-state index in [1.54, 1.807) is 16.2 Å². The van der Waals surface area contributed by atoms with Gasteiger partial charge in [-0.15, -0.1) is 0 Å². The van der Waals surface area contributed by atoms with Crippen LogP contribution < -0.4 is 0 Å². The molecule has 0 spiro atoms. The van der Waals surface area contributed by atoms with Crippen LogP contribution in [0.2, 0.25) is 0 Å². The van der Waals surface area contributed by atoms with E-state index in [1.165, 1.54) is 42.5 Å². The number of ether oxygens (including phenoxy) is 1. The molecule has 2 aromatic carbocycles. The fourth-order valence-corrected chi connectivity index (χ4v) is 5.49. The monoisotopic (exact) mass is 648 g/mol. The summed E-state index contributed by atoms with van der Waals surface area (Å²) in [6.07, 6.45) is 3.78. The van der Waals surface area contributed by atoms with Crippen molar-refractivity contribution >= 4 is 49.5 Å². The molecule has 1 aliphatic carbocycles. The van der Waals surface area contributed by atoms with Crippen molar-refractivity contribution < 1.29 is 54.6 Å². The van der Waals surface area contributed by atoms with Crippen molar-refractivity contribution in [1.82, 2.24) is 0 Å².